The molecule has 0 aromatic carbocycles. The van der Waals surface area contributed by atoms with E-state index in [2.05, 4.69) is 4.98 Å². The Morgan fingerprint density at radius 3 is 2.83 bits per heavy atom. The van der Waals surface area contributed by atoms with Gasteiger partial charge in [0, 0.05) is 26.4 Å². The molecule has 1 aromatic rings. The van der Waals surface area contributed by atoms with Gasteiger partial charge < -0.3 is 19.5 Å². The first-order valence-electron chi connectivity index (χ1n) is 7.23. The molecule has 2 rings (SSSR count). The van der Waals surface area contributed by atoms with Gasteiger partial charge in [-0.3, -0.25) is 9.59 Å². The van der Waals surface area contributed by atoms with Gasteiger partial charge in [-0.25, -0.2) is 4.98 Å². The Morgan fingerprint density at radius 2 is 2.26 bits per heavy atom. The maximum atomic E-state index is 12.5. The third-order valence-electron chi connectivity index (χ3n) is 3.85. The van der Waals surface area contributed by atoms with Crippen LogP contribution < -0.4 is 4.74 Å². The van der Waals surface area contributed by atoms with Crippen LogP contribution in [0.15, 0.2) is 12.3 Å². The average molecular weight is 343 g/mol. The van der Waals surface area contributed by atoms with Crippen molar-refractivity contribution in [2.75, 3.05) is 33.4 Å². The van der Waals surface area contributed by atoms with E-state index in [4.69, 9.17) is 21.1 Å². The lowest BCUT2D eigenvalue weighted by atomic mass is 9.88. The third-order valence-corrected chi connectivity index (χ3v) is 4.12. The van der Waals surface area contributed by atoms with Crippen molar-refractivity contribution in [3.8, 4) is 5.88 Å². The fourth-order valence-electron chi connectivity index (χ4n) is 2.64. The lowest BCUT2D eigenvalue weighted by molar-refractivity contribution is -0.151. The summed E-state index contributed by atoms with van der Waals surface area (Å²) in [5.74, 6) is -0.995. The van der Waals surface area contributed by atoms with Gasteiger partial charge >= 0.3 is 5.97 Å². The number of carboxylic acid groups (broad SMARTS) is 1. The molecule has 1 fully saturated rings. The minimum Gasteiger partial charge on any atom is -0.481 e. The highest BCUT2D eigenvalue weighted by Crippen LogP contribution is 2.32. The highest BCUT2D eigenvalue weighted by atomic mass is 35.5. The van der Waals surface area contributed by atoms with Crippen molar-refractivity contribution in [2.24, 2.45) is 5.41 Å². The number of carbonyl (C=O) groups is 2. The maximum Gasteiger partial charge on any atom is 0.313 e. The molecule has 2 heterocycles. The maximum absolute atomic E-state index is 12.5. The summed E-state index contributed by atoms with van der Waals surface area (Å²) in [6.45, 7) is 2.74. The molecule has 7 nitrogen and oxygen atoms in total. The van der Waals surface area contributed by atoms with Crippen molar-refractivity contribution in [3.63, 3.8) is 0 Å². The summed E-state index contributed by atoms with van der Waals surface area (Å²) in [6, 6.07) is 1.49. The predicted molar refractivity (Wildman–Crippen MR) is 82.9 cm³/mol. The van der Waals surface area contributed by atoms with Crippen LogP contribution in [0.25, 0.3) is 0 Å². The SMILES string of the molecule is CCOc1ncc(C(=O)N2CCC(COC)(C(=O)O)C2)cc1Cl. The number of hydrogen-bond acceptors (Lipinski definition) is 5. The summed E-state index contributed by atoms with van der Waals surface area (Å²) in [6.07, 6.45) is 1.73. The number of hydrogen-bond donors (Lipinski definition) is 1. The summed E-state index contributed by atoms with van der Waals surface area (Å²) in [7, 11) is 1.45. The second kappa shape index (κ2) is 7.14. The van der Waals surface area contributed by atoms with Gasteiger partial charge in [0.05, 0.1) is 18.8 Å². The van der Waals surface area contributed by atoms with Gasteiger partial charge in [-0.05, 0) is 19.4 Å². The molecule has 1 aromatic heterocycles. The fourth-order valence-corrected chi connectivity index (χ4v) is 2.86. The number of pyridine rings is 1. The molecule has 0 aliphatic carbocycles. The zero-order chi connectivity index (χ0) is 17.0. The summed E-state index contributed by atoms with van der Waals surface area (Å²) >= 11 is 6.04. The van der Waals surface area contributed by atoms with Gasteiger partial charge in [0.15, 0.2) is 0 Å². The van der Waals surface area contributed by atoms with E-state index in [1.165, 1.54) is 24.3 Å². The summed E-state index contributed by atoms with van der Waals surface area (Å²) in [5.41, 5.74) is -0.760. The summed E-state index contributed by atoms with van der Waals surface area (Å²) in [5, 5.41) is 9.69. The van der Waals surface area contributed by atoms with Crippen LogP contribution in [-0.2, 0) is 9.53 Å². The first-order chi connectivity index (χ1) is 10.9. The Hall–Kier alpha value is -1.86. The van der Waals surface area contributed by atoms with Crippen molar-refractivity contribution in [1.82, 2.24) is 9.88 Å². The Labute approximate surface area is 139 Å². The zero-order valence-corrected chi connectivity index (χ0v) is 13.8. The zero-order valence-electron chi connectivity index (χ0n) is 13.0. The quantitative estimate of drug-likeness (QED) is 0.846. The van der Waals surface area contributed by atoms with E-state index in [1.54, 1.807) is 0 Å². The number of carboxylic acids is 1. The van der Waals surface area contributed by atoms with Gasteiger partial charge in [0.25, 0.3) is 5.91 Å². The van der Waals surface area contributed by atoms with Crippen molar-refractivity contribution in [3.05, 3.63) is 22.8 Å². The van der Waals surface area contributed by atoms with E-state index < -0.39 is 11.4 Å². The van der Waals surface area contributed by atoms with Crippen molar-refractivity contribution >= 4 is 23.5 Å². The second-order valence-electron chi connectivity index (χ2n) is 5.44. The fraction of sp³-hybridized carbons (Fsp3) is 0.533. The molecule has 126 valence electrons. The number of likely N-dealkylation sites (tertiary alicyclic amines) is 1. The van der Waals surface area contributed by atoms with E-state index >= 15 is 0 Å². The Kier molecular flexibility index (Phi) is 5.43. The van der Waals surface area contributed by atoms with E-state index in [-0.39, 0.29) is 30.0 Å². The van der Waals surface area contributed by atoms with Crippen LogP contribution in [0.3, 0.4) is 0 Å². The summed E-state index contributed by atoms with van der Waals surface area (Å²) < 4.78 is 10.2. The number of ether oxygens (including phenoxy) is 2. The first kappa shape index (κ1) is 17.5. The van der Waals surface area contributed by atoms with Crippen molar-refractivity contribution < 1.29 is 24.2 Å². The first-order valence-corrected chi connectivity index (χ1v) is 7.61. The van der Waals surface area contributed by atoms with E-state index in [1.807, 2.05) is 6.92 Å². The number of amides is 1. The van der Waals surface area contributed by atoms with Crippen LogP contribution in [0.1, 0.15) is 23.7 Å². The van der Waals surface area contributed by atoms with Crippen LogP contribution >= 0.6 is 11.6 Å². The van der Waals surface area contributed by atoms with Gasteiger partial charge in [-0.1, -0.05) is 11.6 Å². The third kappa shape index (κ3) is 3.56. The number of rotatable bonds is 6. The molecule has 1 aliphatic heterocycles. The topological polar surface area (TPSA) is 89.0 Å². The van der Waals surface area contributed by atoms with Gasteiger partial charge in [0.2, 0.25) is 5.88 Å². The number of aromatic nitrogens is 1. The molecule has 0 radical (unpaired) electrons. The Balaban J connectivity index is 2.15. The number of carbonyl (C=O) groups excluding carboxylic acids is 1. The predicted octanol–water partition coefficient (Wildman–Crippen LogP) is 1.70. The molecule has 1 unspecified atom stereocenters. The molecule has 0 bridgehead atoms. The average Bonchev–Trinajstić information content (AvgIpc) is 2.95. The molecule has 1 atom stereocenters. The van der Waals surface area contributed by atoms with E-state index in [9.17, 15) is 14.7 Å². The van der Waals surface area contributed by atoms with Gasteiger partial charge in [0.1, 0.15) is 10.4 Å². The molecular formula is C15H19ClN2O5. The van der Waals surface area contributed by atoms with Gasteiger partial charge in [-0.2, -0.15) is 0 Å². The number of nitrogens with zero attached hydrogens (tertiary/aromatic N) is 2. The minimum atomic E-state index is -1.06. The minimum absolute atomic E-state index is 0.0639. The number of halogens is 1. The highest BCUT2D eigenvalue weighted by Gasteiger charge is 2.46. The molecule has 8 heteroatoms. The van der Waals surface area contributed by atoms with Crippen LogP contribution in [0.2, 0.25) is 5.02 Å². The molecule has 1 saturated heterocycles. The molecule has 0 spiro atoms. The van der Waals surface area contributed by atoms with E-state index in [0.29, 0.717) is 25.1 Å². The molecule has 0 saturated carbocycles. The second-order valence-corrected chi connectivity index (χ2v) is 5.85. The van der Waals surface area contributed by atoms with Crippen LogP contribution in [0.4, 0.5) is 0 Å². The molecule has 1 amide bonds. The number of methoxy groups -OCH3 is 1. The highest BCUT2D eigenvalue weighted by molar-refractivity contribution is 6.32. The summed E-state index contributed by atoms with van der Waals surface area (Å²) in [4.78, 5) is 29.6. The van der Waals surface area contributed by atoms with Crippen LogP contribution in [-0.4, -0.2) is 60.3 Å². The van der Waals surface area contributed by atoms with Crippen LogP contribution in [0, 0.1) is 5.41 Å². The molecule has 23 heavy (non-hydrogen) atoms. The largest absolute Gasteiger partial charge is 0.481 e. The Morgan fingerprint density at radius 1 is 1.52 bits per heavy atom. The monoisotopic (exact) mass is 342 g/mol. The van der Waals surface area contributed by atoms with Crippen molar-refractivity contribution in [2.45, 2.75) is 13.3 Å². The van der Waals surface area contributed by atoms with Crippen LogP contribution in [0.5, 0.6) is 5.88 Å². The molecular weight excluding hydrogens is 324 g/mol. The number of aliphatic carboxylic acids is 1. The lowest BCUT2D eigenvalue weighted by Gasteiger charge is -2.23. The van der Waals surface area contributed by atoms with E-state index in [0.717, 1.165) is 0 Å². The lowest BCUT2D eigenvalue weighted by Crippen LogP contribution is -2.40. The van der Waals surface area contributed by atoms with Crippen molar-refractivity contribution in [1.29, 1.82) is 0 Å². The standard InChI is InChI=1S/C15H19ClN2O5/c1-3-23-12-11(16)6-10(7-17-12)13(19)18-5-4-15(8-18,9-22-2)14(20)21/h6-7H,3-5,8-9H2,1-2H3,(H,20,21). The molecule has 1 N–H and O–H groups in total. The smallest absolute Gasteiger partial charge is 0.313 e. The van der Waals surface area contributed by atoms with Gasteiger partial charge in [-0.15, -0.1) is 0 Å². The molecule has 1 aliphatic rings. The Bertz CT molecular complexity index is 610. The normalized spacial score (nSPS) is 20.6.